The lowest BCUT2D eigenvalue weighted by Gasteiger charge is -2.29. The lowest BCUT2D eigenvalue weighted by Crippen LogP contribution is -2.32. The number of carbonyl (C=O) groups excluding carboxylic acids is 1. The third-order valence-electron chi connectivity index (χ3n) is 3.93. The van der Waals surface area contributed by atoms with Crippen LogP contribution in [-0.4, -0.2) is 29.1 Å². The Labute approximate surface area is 137 Å². The smallest absolute Gasteiger partial charge is 0.355 e. The molecule has 0 aromatic heterocycles. The van der Waals surface area contributed by atoms with Gasteiger partial charge in [-0.05, 0) is 25.0 Å². The number of carboxylic acids is 1. The lowest BCUT2D eigenvalue weighted by molar-refractivity contribution is -0.384. The van der Waals surface area contributed by atoms with Gasteiger partial charge in [-0.1, -0.05) is 12.1 Å². The highest BCUT2D eigenvalue weighted by Crippen LogP contribution is 2.38. The van der Waals surface area contributed by atoms with Crippen LogP contribution in [0.1, 0.15) is 25.3 Å². The molecular weight excluding hydrogens is 316 g/mol. The number of hydrogen-bond donors (Lipinski definition) is 2. The van der Waals surface area contributed by atoms with E-state index >= 15 is 0 Å². The summed E-state index contributed by atoms with van der Waals surface area (Å²) in [7, 11) is 1.15. The van der Waals surface area contributed by atoms with E-state index in [-0.39, 0.29) is 17.0 Å². The van der Waals surface area contributed by atoms with E-state index in [1.165, 1.54) is 18.2 Å². The molecule has 126 valence electrons. The first kappa shape index (κ1) is 17.2. The first-order chi connectivity index (χ1) is 11.3. The Balaban J connectivity index is 2.70. The van der Waals surface area contributed by atoms with Crippen molar-refractivity contribution in [2.45, 2.75) is 19.8 Å². The standard InChI is InChI=1S/C16H16N2O6/c1-8-9(2)17-14(16(21)24-3)13(15(19)20)12(8)10-5-4-6-11(7-10)18(22)23/h4-7,12,17H,1-3H3,(H,19,20). The van der Waals surface area contributed by atoms with Crippen LogP contribution in [-0.2, 0) is 14.3 Å². The van der Waals surface area contributed by atoms with Crippen LogP contribution < -0.4 is 5.32 Å². The van der Waals surface area contributed by atoms with Gasteiger partial charge in [0.2, 0.25) is 0 Å². The van der Waals surface area contributed by atoms with Gasteiger partial charge in [0.05, 0.1) is 17.6 Å². The number of carbonyl (C=O) groups is 2. The second-order valence-corrected chi connectivity index (χ2v) is 5.30. The molecule has 1 aromatic carbocycles. The maximum absolute atomic E-state index is 11.9. The van der Waals surface area contributed by atoms with Crippen molar-refractivity contribution >= 4 is 17.6 Å². The van der Waals surface area contributed by atoms with Gasteiger partial charge in [0.1, 0.15) is 5.70 Å². The number of benzene rings is 1. The van der Waals surface area contributed by atoms with E-state index < -0.39 is 22.8 Å². The Morgan fingerprint density at radius 2 is 2.00 bits per heavy atom. The normalized spacial score (nSPS) is 17.4. The number of hydrogen-bond acceptors (Lipinski definition) is 6. The summed E-state index contributed by atoms with van der Waals surface area (Å²) in [5, 5.41) is 23.4. The number of allylic oxidation sites excluding steroid dienone is 2. The van der Waals surface area contributed by atoms with Crippen LogP contribution >= 0.6 is 0 Å². The van der Waals surface area contributed by atoms with Gasteiger partial charge in [0.25, 0.3) is 5.69 Å². The van der Waals surface area contributed by atoms with E-state index in [1.54, 1.807) is 19.9 Å². The zero-order chi connectivity index (χ0) is 18.0. The summed E-state index contributed by atoms with van der Waals surface area (Å²) in [6.07, 6.45) is 0. The molecule has 8 nitrogen and oxygen atoms in total. The van der Waals surface area contributed by atoms with Crippen LogP contribution in [0, 0.1) is 10.1 Å². The summed E-state index contributed by atoms with van der Waals surface area (Å²) < 4.78 is 4.65. The van der Waals surface area contributed by atoms with Crippen LogP contribution in [0.5, 0.6) is 0 Å². The van der Waals surface area contributed by atoms with Gasteiger partial charge in [-0.25, -0.2) is 9.59 Å². The summed E-state index contributed by atoms with van der Waals surface area (Å²) in [6, 6.07) is 5.71. The first-order valence-corrected chi connectivity index (χ1v) is 7.02. The molecule has 0 spiro atoms. The predicted octanol–water partition coefficient (Wildman–Crippen LogP) is 2.09. The number of aliphatic carboxylic acids is 1. The minimum atomic E-state index is -1.30. The lowest BCUT2D eigenvalue weighted by atomic mass is 9.81. The maximum Gasteiger partial charge on any atom is 0.355 e. The van der Waals surface area contributed by atoms with Crippen LogP contribution in [0.2, 0.25) is 0 Å². The van der Waals surface area contributed by atoms with Crippen LogP contribution in [0.15, 0.2) is 46.8 Å². The molecule has 24 heavy (non-hydrogen) atoms. The fraction of sp³-hybridized carbons (Fsp3) is 0.250. The molecule has 8 heteroatoms. The Morgan fingerprint density at radius 3 is 2.54 bits per heavy atom. The van der Waals surface area contributed by atoms with Gasteiger partial charge in [0, 0.05) is 23.7 Å². The summed E-state index contributed by atoms with van der Waals surface area (Å²) in [5.41, 5.74) is 1.13. The fourth-order valence-corrected chi connectivity index (χ4v) is 2.66. The quantitative estimate of drug-likeness (QED) is 0.492. The molecular formula is C16H16N2O6. The SMILES string of the molecule is COC(=O)C1=C(C(=O)O)C(c2cccc([N+](=O)[O-])c2)C(C)=C(C)N1. The minimum Gasteiger partial charge on any atom is -0.478 e. The molecule has 1 atom stereocenters. The Bertz CT molecular complexity index is 794. The van der Waals surface area contributed by atoms with E-state index in [4.69, 9.17) is 0 Å². The number of carboxylic acid groups (broad SMARTS) is 1. The van der Waals surface area contributed by atoms with Crippen molar-refractivity contribution in [2.24, 2.45) is 0 Å². The highest BCUT2D eigenvalue weighted by molar-refractivity contribution is 6.01. The molecule has 0 amide bonds. The Hall–Kier alpha value is -3.16. The van der Waals surface area contributed by atoms with E-state index in [2.05, 4.69) is 10.1 Å². The highest BCUT2D eigenvalue weighted by atomic mass is 16.6. The van der Waals surface area contributed by atoms with E-state index in [0.717, 1.165) is 7.11 Å². The molecule has 1 aliphatic rings. The summed E-state index contributed by atoms with van der Waals surface area (Å²) in [4.78, 5) is 34.2. The van der Waals surface area contributed by atoms with Crippen molar-refractivity contribution in [3.05, 3.63) is 62.5 Å². The number of nitrogens with one attached hydrogen (secondary N) is 1. The van der Waals surface area contributed by atoms with Gasteiger partial charge >= 0.3 is 11.9 Å². The van der Waals surface area contributed by atoms with Crippen LogP contribution in [0.25, 0.3) is 0 Å². The highest BCUT2D eigenvalue weighted by Gasteiger charge is 2.35. The zero-order valence-corrected chi connectivity index (χ0v) is 13.3. The molecule has 0 aliphatic carbocycles. The minimum absolute atomic E-state index is 0.152. The second kappa shape index (κ2) is 6.53. The second-order valence-electron chi connectivity index (χ2n) is 5.30. The van der Waals surface area contributed by atoms with E-state index in [1.807, 2.05) is 0 Å². The Morgan fingerprint density at radius 1 is 1.33 bits per heavy atom. The molecule has 1 aliphatic heterocycles. The van der Waals surface area contributed by atoms with Crippen molar-refractivity contribution in [3.63, 3.8) is 0 Å². The Kier molecular flexibility index (Phi) is 4.68. The van der Waals surface area contributed by atoms with Crippen molar-refractivity contribution in [1.29, 1.82) is 0 Å². The van der Waals surface area contributed by atoms with Crippen LogP contribution in [0.4, 0.5) is 5.69 Å². The summed E-state index contributed by atoms with van der Waals surface area (Å²) in [5.74, 6) is -2.90. The summed E-state index contributed by atoms with van der Waals surface area (Å²) in [6.45, 7) is 3.41. The number of rotatable bonds is 4. The molecule has 1 heterocycles. The fourth-order valence-electron chi connectivity index (χ4n) is 2.66. The van der Waals surface area contributed by atoms with E-state index in [9.17, 15) is 24.8 Å². The number of nitro benzene ring substituents is 1. The number of esters is 1. The van der Waals surface area contributed by atoms with Gasteiger partial charge in [-0.2, -0.15) is 0 Å². The summed E-state index contributed by atoms with van der Waals surface area (Å²) >= 11 is 0. The maximum atomic E-state index is 11.9. The molecule has 2 rings (SSSR count). The third kappa shape index (κ3) is 2.98. The van der Waals surface area contributed by atoms with Gasteiger partial charge in [-0.15, -0.1) is 0 Å². The van der Waals surface area contributed by atoms with Gasteiger partial charge in [-0.3, -0.25) is 10.1 Å². The molecule has 0 bridgehead atoms. The van der Waals surface area contributed by atoms with Crippen molar-refractivity contribution in [2.75, 3.05) is 7.11 Å². The zero-order valence-electron chi connectivity index (χ0n) is 13.3. The largest absolute Gasteiger partial charge is 0.478 e. The molecule has 0 saturated carbocycles. The molecule has 2 N–H and O–H groups in total. The molecule has 0 fully saturated rings. The van der Waals surface area contributed by atoms with Crippen molar-refractivity contribution in [3.8, 4) is 0 Å². The number of non-ortho nitro benzene ring substituents is 1. The number of methoxy groups -OCH3 is 1. The average molecular weight is 332 g/mol. The van der Waals surface area contributed by atoms with Gasteiger partial charge < -0.3 is 15.2 Å². The first-order valence-electron chi connectivity index (χ1n) is 7.02. The monoisotopic (exact) mass is 332 g/mol. The van der Waals surface area contributed by atoms with Crippen molar-refractivity contribution < 1.29 is 24.4 Å². The van der Waals surface area contributed by atoms with E-state index in [0.29, 0.717) is 16.8 Å². The topological polar surface area (TPSA) is 119 Å². The molecule has 1 unspecified atom stereocenters. The molecule has 0 radical (unpaired) electrons. The number of ether oxygens (including phenoxy) is 1. The molecule has 1 aromatic rings. The van der Waals surface area contributed by atoms with Crippen molar-refractivity contribution in [1.82, 2.24) is 5.32 Å². The third-order valence-corrected chi connectivity index (χ3v) is 3.93. The number of nitro groups is 1. The number of dihydropyridines is 1. The number of nitrogens with zero attached hydrogens (tertiary/aromatic N) is 1. The molecule has 0 saturated heterocycles. The average Bonchev–Trinajstić information content (AvgIpc) is 2.55. The predicted molar refractivity (Wildman–Crippen MR) is 84.0 cm³/mol. The van der Waals surface area contributed by atoms with Crippen LogP contribution in [0.3, 0.4) is 0 Å². The van der Waals surface area contributed by atoms with Gasteiger partial charge in [0.15, 0.2) is 0 Å².